The van der Waals surface area contributed by atoms with E-state index in [0.29, 0.717) is 11.3 Å². The fraction of sp³-hybridized carbons (Fsp3) is 0.923. The van der Waals surface area contributed by atoms with Crippen molar-refractivity contribution in [1.82, 2.24) is 5.32 Å². The van der Waals surface area contributed by atoms with Crippen molar-refractivity contribution >= 4 is 5.84 Å². The molecule has 4 nitrogen and oxygen atoms in total. The van der Waals surface area contributed by atoms with Gasteiger partial charge in [0.15, 0.2) is 0 Å². The van der Waals surface area contributed by atoms with Gasteiger partial charge < -0.3 is 16.3 Å². The van der Waals surface area contributed by atoms with Crippen LogP contribution in [0.5, 0.6) is 0 Å². The summed E-state index contributed by atoms with van der Waals surface area (Å²) in [6.45, 7) is 8.46. The zero-order valence-electron chi connectivity index (χ0n) is 11.4. The Hall–Kier alpha value is -0.770. The average Bonchev–Trinajstić information content (AvgIpc) is 3.08. The quantitative estimate of drug-likeness (QED) is 0.201. The Balaban J connectivity index is 2.12. The van der Waals surface area contributed by atoms with E-state index < -0.39 is 0 Å². The first-order chi connectivity index (χ1) is 7.96. The fourth-order valence-corrected chi connectivity index (χ4v) is 2.10. The van der Waals surface area contributed by atoms with E-state index in [-0.39, 0.29) is 5.41 Å². The molecule has 0 saturated heterocycles. The number of hydrogen-bond acceptors (Lipinski definition) is 3. The summed E-state index contributed by atoms with van der Waals surface area (Å²) in [5, 5.41) is 15.3. The van der Waals surface area contributed by atoms with Crippen molar-refractivity contribution < 1.29 is 5.21 Å². The molecule has 0 aromatic rings. The van der Waals surface area contributed by atoms with Crippen LogP contribution in [0.2, 0.25) is 0 Å². The highest BCUT2D eigenvalue weighted by Gasteiger charge is 2.39. The lowest BCUT2D eigenvalue weighted by atomic mass is 9.86. The van der Waals surface area contributed by atoms with Crippen molar-refractivity contribution in [3.05, 3.63) is 0 Å². The van der Waals surface area contributed by atoms with Crippen LogP contribution in [0, 0.1) is 10.8 Å². The van der Waals surface area contributed by atoms with Crippen LogP contribution in [0.4, 0.5) is 0 Å². The van der Waals surface area contributed by atoms with Crippen LogP contribution in [0.1, 0.15) is 52.9 Å². The standard InChI is InChI=1S/C13H27N3O/c1-4-13(7-8-13)10-15-9-5-6-12(2,3)11(14)16-17/h15,17H,4-10H2,1-3H3,(H2,14,16). The Morgan fingerprint density at radius 1 is 1.47 bits per heavy atom. The second kappa shape index (κ2) is 5.71. The first-order valence-electron chi connectivity index (χ1n) is 6.64. The molecule has 1 aliphatic carbocycles. The predicted octanol–water partition coefficient (Wildman–Crippen LogP) is 2.32. The zero-order valence-corrected chi connectivity index (χ0v) is 11.4. The summed E-state index contributed by atoms with van der Waals surface area (Å²) in [6.07, 6.45) is 6.05. The minimum atomic E-state index is -0.210. The van der Waals surface area contributed by atoms with Crippen LogP contribution < -0.4 is 11.1 Å². The molecule has 0 amide bonds. The molecule has 0 aliphatic heterocycles. The smallest absolute Gasteiger partial charge is 0.144 e. The summed E-state index contributed by atoms with van der Waals surface area (Å²) in [7, 11) is 0. The number of nitrogens with one attached hydrogen (secondary N) is 1. The predicted molar refractivity (Wildman–Crippen MR) is 71.3 cm³/mol. The zero-order chi connectivity index (χ0) is 12.9. The van der Waals surface area contributed by atoms with E-state index in [9.17, 15) is 0 Å². The van der Waals surface area contributed by atoms with Gasteiger partial charge in [-0.05, 0) is 44.1 Å². The second-order valence-electron chi connectivity index (χ2n) is 6.00. The summed E-state index contributed by atoms with van der Waals surface area (Å²) in [5.74, 6) is 0.324. The summed E-state index contributed by atoms with van der Waals surface area (Å²) in [4.78, 5) is 0. The number of nitrogens with two attached hydrogens (primary N) is 1. The van der Waals surface area contributed by atoms with Crippen LogP contribution in [-0.4, -0.2) is 24.1 Å². The monoisotopic (exact) mass is 241 g/mol. The molecule has 1 fully saturated rings. The van der Waals surface area contributed by atoms with Gasteiger partial charge in [0.05, 0.1) is 0 Å². The molecule has 0 atom stereocenters. The summed E-state index contributed by atoms with van der Waals surface area (Å²) in [5.41, 5.74) is 6.05. The molecule has 0 radical (unpaired) electrons. The van der Waals surface area contributed by atoms with E-state index in [1.54, 1.807) is 0 Å². The fourth-order valence-electron chi connectivity index (χ4n) is 2.10. The van der Waals surface area contributed by atoms with Crippen LogP contribution in [0.15, 0.2) is 5.16 Å². The van der Waals surface area contributed by atoms with Gasteiger partial charge in [0.1, 0.15) is 5.84 Å². The molecule has 1 rings (SSSR count). The Morgan fingerprint density at radius 2 is 2.12 bits per heavy atom. The maximum Gasteiger partial charge on any atom is 0.144 e. The van der Waals surface area contributed by atoms with Crippen molar-refractivity contribution in [2.75, 3.05) is 13.1 Å². The first-order valence-corrected chi connectivity index (χ1v) is 6.64. The number of hydrogen-bond donors (Lipinski definition) is 3. The van der Waals surface area contributed by atoms with Crippen molar-refractivity contribution in [3.8, 4) is 0 Å². The van der Waals surface area contributed by atoms with Crippen molar-refractivity contribution in [1.29, 1.82) is 0 Å². The van der Waals surface area contributed by atoms with E-state index in [1.807, 2.05) is 13.8 Å². The molecule has 0 heterocycles. The van der Waals surface area contributed by atoms with E-state index >= 15 is 0 Å². The molecule has 0 spiro atoms. The Kier molecular flexibility index (Phi) is 4.80. The number of amidine groups is 1. The molecule has 17 heavy (non-hydrogen) atoms. The van der Waals surface area contributed by atoms with Crippen molar-refractivity contribution in [3.63, 3.8) is 0 Å². The minimum Gasteiger partial charge on any atom is -0.409 e. The maximum absolute atomic E-state index is 8.67. The third kappa shape index (κ3) is 4.19. The van der Waals surface area contributed by atoms with E-state index in [0.717, 1.165) is 25.9 Å². The molecule has 0 bridgehead atoms. The van der Waals surface area contributed by atoms with Crippen LogP contribution >= 0.6 is 0 Å². The SMILES string of the molecule is CCC1(CNCCCC(C)(C)C(N)=NO)CC1. The van der Waals surface area contributed by atoms with Crippen LogP contribution in [-0.2, 0) is 0 Å². The topological polar surface area (TPSA) is 70.6 Å². The molecule has 1 saturated carbocycles. The summed E-state index contributed by atoms with van der Waals surface area (Å²) >= 11 is 0. The molecule has 4 heteroatoms. The van der Waals surface area contributed by atoms with E-state index in [1.165, 1.54) is 19.3 Å². The van der Waals surface area contributed by atoms with Gasteiger partial charge in [-0.25, -0.2) is 0 Å². The highest BCUT2D eigenvalue weighted by atomic mass is 16.4. The van der Waals surface area contributed by atoms with Gasteiger partial charge in [-0.2, -0.15) is 0 Å². The molecular weight excluding hydrogens is 214 g/mol. The lowest BCUT2D eigenvalue weighted by molar-refractivity contribution is 0.304. The summed E-state index contributed by atoms with van der Waals surface area (Å²) < 4.78 is 0. The Bertz CT molecular complexity index is 270. The van der Waals surface area contributed by atoms with Gasteiger partial charge >= 0.3 is 0 Å². The Morgan fingerprint density at radius 3 is 2.59 bits per heavy atom. The normalized spacial score (nSPS) is 19.4. The molecule has 4 N–H and O–H groups in total. The highest BCUT2D eigenvalue weighted by molar-refractivity contribution is 5.85. The van der Waals surface area contributed by atoms with Crippen molar-refractivity contribution in [2.24, 2.45) is 21.7 Å². The number of nitrogens with zero attached hydrogens (tertiary/aromatic N) is 1. The van der Waals surface area contributed by atoms with Gasteiger partial charge in [-0.1, -0.05) is 25.9 Å². The lowest BCUT2D eigenvalue weighted by Gasteiger charge is -2.23. The van der Waals surface area contributed by atoms with Gasteiger partial charge in [0.25, 0.3) is 0 Å². The molecule has 0 unspecified atom stereocenters. The van der Waals surface area contributed by atoms with Crippen molar-refractivity contribution in [2.45, 2.75) is 52.9 Å². The third-order valence-corrected chi connectivity index (χ3v) is 4.16. The first kappa shape index (κ1) is 14.3. The maximum atomic E-state index is 8.67. The third-order valence-electron chi connectivity index (χ3n) is 4.16. The second-order valence-corrected chi connectivity index (χ2v) is 6.00. The van der Waals surface area contributed by atoms with Gasteiger partial charge in [0.2, 0.25) is 0 Å². The molecule has 100 valence electrons. The molecular formula is C13H27N3O. The number of oxime groups is 1. The van der Waals surface area contributed by atoms with Gasteiger partial charge in [-0.15, -0.1) is 0 Å². The molecule has 0 aromatic heterocycles. The number of rotatable bonds is 8. The summed E-state index contributed by atoms with van der Waals surface area (Å²) in [6, 6.07) is 0. The minimum absolute atomic E-state index is 0.210. The van der Waals surface area contributed by atoms with E-state index in [2.05, 4.69) is 17.4 Å². The average molecular weight is 241 g/mol. The lowest BCUT2D eigenvalue weighted by Crippen LogP contribution is -2.33. The van der Waals surface area contributed by atoms with Crippen LogP contribution in [0.3, 0.4) is 0 Å². The van der Waals surface area contributed by atoms with Gasteiger partial charge in [0, 0.05) is 12.0 Å². The Labute approximate surface area is 105 Å². The van der Waals surface area contributed by atoms with E-state index in [4.69, 9.17) is 10.9 Å². The molecule has 0 aromatic carbocycles. The van der Waals surface area contributed by atoms with Crippen LogP contribution in [0.25, 0.3) is 0 Å². The van der Waals surface area contributed by atoms with Gasteiger partial charge in [-0.3, -0.25) is 0 Å². The largest absolute Gasteiger partial charge is 0.409 e. The molecule has 1 aliphatic rings. The highest BCUT2D eigenvalue weighted by Crippen LogP contribution is 2.47.